The summed E-state index contributed by atoms with van der Waals surface area (Å²) in [5.74, 6) is -7.69. The normalized spacial score (nSPS) is 15.8. The summed E-state index contributed by atoms with van der Waals surface area (Å²) in [6, 6.07) is 3.03. The lowest BCUT2D eigenvalue weighted by Gasteiger charge is -2.26. The molecule has 0 aromatic heterocycles. The van der Waals surface area contributed by atoms with Gasteiger partial charge >= 0.3 is 5.97 Å². The molecule has 1 heterocycles. The van der Waals surface area contributed by atoms with Crippen LogP contribution < -0.4 is 48.7 Å². The van der Waals surface area contributed by atoms with Crippen LogP contribution in [0.4, 0.5) is 0 Å². The van der Waals surface area contributed by atoms with Crippen molar-refractivity contribution in [1.29, 1.82) is 5.41 Å². The van der Waals surface area contributed by atoms with E-state index in [0.717, 1.165) is 16.7 Å². The van der Waals surface area contributed by atoms with E-state index in [2.05, 4.69) is 37.2 Å². The number of rotatable bonds is 30. The Morgan fingerprint density at radius 1 is 0.714 bits per heavy atom. The molecule has 0 spiro atoms. The van der Waals surface area contributed by atoms with Gasteiger partial charge in [0.25, 0.3) is 0 Å². The molecule has 7 atom stereocenters. The predicted octanol–water partition coefficient (Wildman–Crippen LogP) is -3.87. The van der Waals surface area contributed by atoms with Crippen molar-refractivity contribution in [3.05, 3.63) is 59.7 Å². The first kappa shape index (κ1) is 57.3. The summed E-state index contributed by atoms with van der Waals surface area (Å²) >= 11 is 0.999. The number of aliphatic carboxylic acids is 1. The zero-order valence-electron chi connectivity index (χ0n) is 38.5. The number of carboxylic acids is 1. The highest BCUT2D eigenvalue weighted by atomic mass is 32.2. The largest absolute Gasteiger partial charge is 0.508 e. The average molecular weight is 1000 g/mol. The molecule has 1 aliphatic rings. The number of likely N-dealkylation sites (N-methyl/N-ethyl adjacent to an activating group) is 1. The number of phenols is 2. The lowest BCUT2D eigenvalue weighted by atomic mass is 10.0. The highest BCUT2D eigenvalue weighted by Gasteiger charge is 2.39. The molecule has 25 nitrogen and oxygen atoms in total. The highest BCUT2D eigenvalue weighted by Crippen LogP contribution is 2.26. The van der Waals surface area contributed by atoms with Gasteiger partial charge in [0.05, 0.1) is 18.5 Å². The van der Waals surface area contributed by atoms with Crippen molar-refractivity contribution >= 4 is 70.9 Å². The number of nitrogens with zero attached hydrogens (tertiary/aromatic N) is 1. The third kappa shape index (κ3) is 19.2. The van der Waals surface area contributed by atoms with E-state index in [1.807, 2.05) is 0 Å². The van der Waals surface area contributed by atoms with Gasteiger partial charge in [0.1, 0.15) is 47.8 Å². The molecule has 70 heavy (non-hydrogen) atoms. The van der Waals surface area contributed by atoms with Crippen LogP contribution in [0.2, 0.25) is 0 Å². The Morgan fingerprint density at radius 3 is 1.69 bits per heavy atom. The van der Waals surface area contributed by atoms with Gasteiger partial charge in [0.15, 0.2) is 5.96 Å². The number of aromatic hydroxyl groups is 2. The number of carbonyl (C=O) groups excluding carboxylic acids is 8. The molecule has 0 aliphatic carbocycles. The minimum Gasteiger partial charge on any atom is -0.508 e. The molecule has 0 saturated carbocycles. The molecule has 1 fully saturated rings. The highest BCUT2D eigenvalue weighted by molar-refractivity contribution is 8.00. The Hall–Kier alpha value is -7.03. The van der Waals surface area contributed by atoms with Crippen LogP contribution in [-0.2, 0) is 56.0 Å². The van der Waals surface area contributed by atoms with Crippen molar-refractivity contribution in [1.82, 2.24) is 42.1 Å². The smallest absolute Gasteiger partial charge is 0.321 e. The van der Waals surface area contributed by atoms with Gasteiger partial charge in [-0.1, -0.05) is 30.7 Å². The van der Waals surface area contributed by atoms with Crippen molar-refractivity contribution < 1.29 is 68.7 Å². The number of nitrogens with one attached hydrogen (secondary N) is 8. The minimum absolute atomic E-state index is 0.0132. The van der Waals surface area contributed by atoms with Gasteiger partial charge in [-0.15, -0.1) is 11.8 Å². The Bertz CT molecular complexity index is 2150. The fraction of sp³-hybridized carbons (Fsp3) is 0.500. The summed E-state index contributed by atoms with van der Waals surface area (Å²) in [4.78, 5) is 118. The van der Waals surface area contributed by atoms with Crippen molar-refractivity contribution in [3.63, 3.8) is 0 Å². The molecular weight excluding hydrogens is 939 g/mol. The maximum atomic E-state index is 13.8. The third-order valence-corrected chi connectivity index (χ3v) is 12.1. The second-order valence-corrected chi connectivity index (χ2v) is 17.5. The number of phenolic OH excluding ortho intramolecular Hbond substituents is 2. The Labute approximate surface area is 407 Å². The summed E-state index contributed by atoms with van der Waals surface area (Å²) < 4.78 is 0. The number of likely N-dealkylation sites (tertiary alicyclic amines) is 1. The van der Waals surface area contributed by atoms with E-state index < -0.39 is 108 Å². The minimum atomic E-state index is -1.75. The van der Waals surface area contributed by atoms with Gasteiger partial charge < -0.3 is 74.2 Å². The van der Waals surface area contributed by atoms with Crippen LogP contribution in [0.5, 0.6) is 11.5 Å². The number of hydrogen-bond donors (Lipinski definition) is 15. The predicted molar refractivity (Wildman–Crippen MR) is 252 cm³/mol. The van der Waals surface area contributed by atoms with Crippen LogP contribution in [-0.4, -0.2) is 170 Å². The molecule has 3 rings (SSSR count). The maximum Gasteiger partial charge on any atom is 0.321 e. The van der Waals surface area contributed by atoms with Gasteiger partial charge in [-0.3, -0.25) is 53.5 Å². The Balaban J connectivity index is 1.64. The average Bonchev–Trinajstić information content (AvgIpc) is 3.60. The molecule has 8 amide bonds. The molecule has 2 aromatic rings. The standard InChI is InChI=1S/C44H63N11O14S/c1-48-37(62)30(18-24-8-12-26(58)13-9-24)51-39(64)31(19-25-10-14-27(59)15-11-25)52-40(65)32(21-56)54-41(66)33(22-57)53-38(63)29(6-5-16-49-44(46)47)50-35(60)7-3-2-4-17-55-36(61)20-34(42(55)67)70-23-28(45)43(68)69/h8-15,28-34,56-59H,2-7,16-23,45H2,1H3,(H,48,62)(H,50,60)(H,51,64)(H,52,65)(H,53,63)(H,54,66)(H,68,69)(H4,46,47,49). The lowest BCUT2D eigenvalue weighted by Crippen LogP contribution is -2.61. The van der Waals surface area contributed by atoms with Gasteiger partial charge in [-0.2, -0.15) is 0 Å². The van der Waals surface area contributed by atoms with Crippen LogP contribution in [0.3, 0.4) is 0 Å². The number of unbranched alkanes of at least 4 members (excludes halogenated alkanes) is 2. The summed E-state index contributed by atoms with van der Waals surface area (Å²) in [7, 11) is 1.36. The van der Waals surface area contributed by atoms with E-state index in [0.29, 0.717) is 24.0 Å². The number of thioether (sulfide) groups is 1. The summed E-state index contributed by atoms with van der Waals surface area (Å²) in [5, 5.41) is 72.7. The second kappa shape index (κ2) is 29.1. The SMILES string of the molecule is CNC(=O)C(Cc1ccc(O)cc1)NC(=O)C(Cc1ccc(O)cc1)NC(=O)C(CO)NC(=O)C(CO)NC(=O)C(CCCNC(=N)N)NC(=O)CCCCCN1C(=O)CC(SCC(N)C(=O)O)C1=O. The monoisotopic (exact) mass is 1000 g/mol. The van der Waals surface area contributed by atoms with Crippen LogP contribution >= 0.6 is 11.8 Å². The Morgan fingerprint density at radius 2 is 1.20 bits per heavy atom. The van der Waals surface area contributed by atoms with E-state index in [1.165, 1.54) is 43.4 Å². The summed E-state index contributed by atoms with van der Waals surface area (Å²) in [5.41, 5.74) is 11.9. The zero-order valence-corrected chi connectivity index (χ0v) is 39.3. The first-order chi connectivity index (χ1) is 33.3. The number of carbonyl (C=O) groups is 9. The van der Waals surface area contributed by atoms with E-state index in [-0.39, 0.29) is 81.2 Å². The third-order valence-electron chi connectivity index (χ3n) is 10.8. The Kier molecular flexibility index (Phi) is 23.8. The van der Waals surface area contributed by atoms with Crippen LogP contribution in [0, 0.1) is 5.41 Å². The number of carboxylic acid groups (broad SMARTS) is 1. The number of benzene rings is 2. The van der Waals surface area contributed by atoms with E-state index in [1.54, 1.807) is 12.1 Å². The fourth-order valence-electron chi connectivity index (χ4n) is 6.91. The summed E-state index contributed by atoms with van der Waals surface area (Å²) in [6.07, 6.45) is 0.820. The van der Waals surface area contributed by atoms with Gasteiger partial charge in [-0.25, -0.2) is 0 Å². The molecular formula is C44H63N11O14S. The maximum absolute atomic E-state index is 13.8. The number of amides is 8. The number of aliphatic hydroxyl groups is 2. The van der Waals surface area contributed by atoms with E-state index in [4.69, 9.17) is 22.0 Å². The van der Waals surface area contributed by atoms with Crippen molar-refractivity contribution in [3.8, 4) is 11.5 Å². The topological polar surface area (TPSA) is 418 Å². The number of imide groups is 1. The fourth-order valence-corrected chi connectivity index (χ4v) is 8.02. The molecule has 2 aromatic carbocycles. The van der Waals surface area contributed by atoms with Crippen LogP contribution in [0.15, 0.2) is 48.5 Å². The van der Waals surface area contributed by atoms with E-state index in [9.17, 15) is 63.6 Å². The van der Waals surface area contributed by atoms with Crippen molar-refractivity contribution in [2.75, 3.05) is 39.1 Å². The number of nitrogens with two attached hydrogens (primary N) is 2. The number of guanidine groups is 1. The number of aliphatic hydroxyl groups excluding tert-OH is 2. The van der Waals surface area contributed by atoms with Crippen LogP contribution in [0.1, 0.15) is 56.1 Å². The molecule has 0 radical (unpaired) electrons. The molecule has 26 heteroatoms. The van der Waals surface area contributed by atoms with Crippen LogP contribution in [0.25, 0.3) is 0 Å². The summed E-state index contributed by atoms with van der Waals surface area (Å²) in [6.45, 7) is -1.82. The molecule has 384 valence electrons. The molecule has 0 bridgehead atoms. The lowest BCUT2D eigenvalue weighted by molar-refractivity contribution is -0.139. The zero-order chi connectivity index (χ0) is 51.9. The first-order valence-corrected chi connectivity index (χ1v) is 23.3. The molecule has 7 unspecified atom stereocenters. The molecule has 1 saturated heterocycles. The van der Waals surface area contributed by atoms with Gasteiger partial charge in [-0.05, 0) is 61.1 Å². The second-order valence-electron chi connectivity index (χ2n) is 16.2. The number of hydrogen-bond acceptors (Lipinski definition) is 16. The van der Waals surface area contributed by atoms with Crippen molar-refractivity contribution in [2.45, 2.75) is 99.3 Å². The molecule has 17 N–H and O–H groups in total. The quantitative estimate of drug-likeness (QED) is 0.0154. The first-order valence-electron chi connectivity index (χ1n) is 22.3. The van der Waals surface area contributed by atoms with Gasteiger partial charge in [0.2, 0.25) is 47.3 Å². The van der Waals surface area contributed by atoms with Gasteiger partial charge in [0, 0.05) is 51.6 Å². The molecule has 1 aliphatic heterocycles. The van der Waals surface area contributed by atoms with Crippen molar-refractivity contribution in [2.24, 2.45) is 11.5 Å². The van der Waals surface area contributed by atoms with E-state index >= 15 is 0 Å².